The molecule has 0 saturated carbocycles. The van der Waals surface area contributed by atoms with Gasteiger partial charge in [0.25, 0.3) is 5.56 Å². The van der Waals surface area contributed by atoms with Crippen LogP contribution < -0.4 is 10.9 Å². The van der Waals surface area contributed by atoms with Crippen LogP contribution in [0.25, 0.3) is 11.1 Å². The SMILES string of the molecule is C#Cc1cc(-c2c(C)cc(F)cc2C)c(F)c([C@H](CC(=O)O)NC(=O)[C@H](CC(C)C)n2cc(CC3COC3)c(C(F)(F)F)cc2=O)c1F. The van der Waals surface area contributed by atoms with Gasteiger partial charge in [-0.15, -0.1) is 6.42 Å². The summed E-state index contributed by atoms with van der Waals surface area (Å²) in [6.45, 7) is 6.79. The first-order valence-electron chi connectivity index (χ1n) is 15.1. The fraction of sp³-hybridized carbons (Fsp3) is 0.400. The van der Waals surface area contributed by atoms with Crippen molar-refractivity contribution in [3.8, 4) is 23.5 Å². The topological polar surface area (TPSA) is 97.6 Å². The van der Waals surface area contributed by atoms with E-state index in [0.717, 1.165) is 29.0 Å². The Labute approximate surface area is 272 Å². The van der Waals surface area contributed by atoms with Crippen LogP contribution in [-0.4, -0.2) is 34.8 Å². The molecule has 1 aromatic heterocycles. The first kappa shape index (κ1) is 36.3. The number of aromatic nitrogens is 1. The van der Waals surface area contributed by atoms with Crippen LogP contribution in [0.1, 0.15) is 72.2 Å². The third kappa shape index (κ3) is 7.76. The number of alkyl halides is 3. The minimum atomic E-state index is -4.86. The predicted octanol–water partition coefficient (Wildman–Crippen LogP) is 6.66. The van der Waals surface area contributed by atoms with Gasteiger partial charge in [0.15, 0.2) is 0 Å². The van der Waals surface area contributed by atoms with Gasteiger partial charge in [-0.2, -0.15) is 13.2 Å². The van der Waals surface area contributed by atoms with E-state index in [-0.39, 0.29) is 65.7 Å². The summed E-state index contributed by atoms with van der Waals surface area (Å²) in [4.78, 5) is 39.0. The zero-order valence-electron chi connectivity index (χ0n) is 26.6. The largest absolute Gasteiger partial charge is 0.481 e. The van der Waals surface area contributed by atoms with Crippen molar-refractivity contribution >= 4 is 11.9 Å². The number of carbonyl (C=O) groups excluding carboxylic acids is 1. The number of nitrogens with zero attached hydrogens (tertiary/aromatic N) is 1. The van der Waals surface area contributed by atoms with Crippen molar-refractivity contribution in [1.82, 2.24) is 9.88 Å². The van der Waals surface area contributed by atoms with Gasteiger partial charge in [0.2, 0.25) is 5.91 Å². The van der Waals surface area contributed by atoms with Gasteiger partial charge in [0.1, 0.15) is 23.5 Å². The van der Waals surface area contributed by atoms with Crippen molar-refractivity contribution in [1.29, 1.82) is 0 Å². The van der Waals surface area contributed by atoms with Crippen LogP contribution in [0.15, 0.2) is 35.3 Å². The standard InChI is InChI=1S/C35H34F6N2O5/c1-6-21-11-24(30-18(4)8-23(36)9-19(30)5)33(38)31(32(21)37)26(13-29(45)46)42-34(47)27(7-17(2)3)43-14-22(10-20-15-48-16-20)25(12-28(43)44)35(39,40)41/h1,8-9,11-12,14,17,20,26-27H,7,10,13,15-16H2,2-5H3,(H,42,47)(H,45,46)/t26-,27-/m0/s1. The van der Waals surface area contributed by atoms with Crippen molar-refractivity contribution in [2.24, 2.45) is 11.8 Å². The Kier molecular flexibility index (Phi) is 10.8. The molecule has 0 spiro atoms. The van der Waals surface area contributed by atoms with Gasteiger partial charge < -0.3 is 19.7 Å². The number of carbonyl (C=O) groups is 2. The van der Waals surface area contributed by atoms with Gasteiger partial charge in [0, 0.05) is 29.3 Å². The molecule has 1 saturated heterocycles. The molecule has 256 valence electrons. The van der Waals surface area contributed by atoms with E-state index in [1.165, 1.54) is 13.8 Å². The van der Waals surface area contributed by atoms with E-state index in [9.17, 15) is 37.1 Å². The van der Waals surface area contributed by atoms with Gasteiger partial charge in [-0.05, 0) is 73.1 Å². The minimum absolute atomic E-state index is 0.0902. The number of ether oxygens (including phenoxy) is 1. The molecule has 7 nitrogen and oxygen atoms in total. The number of aliphatic carboxylic acids is 1. The molecule has 2 N–H and O–H groups in total. The third-order valence-corrected chi connectivity index (χ3v) is 8.22. The Bertz CT molecular complexity index is 1820. The molecular weight excluding hydrogens is 642 g/mol. The molecule has 48 heavy (non-hydrogen) atoms. The lowest BCUT2D eigenvalue weighted by Crippen LogP contribution is -2.41. The number of amides is 1. The predicted molar refractivity (Wildman–Crippen MR) is 165 cm³/mol. The Balaban J connectivity index is 1.86. The summed E-state index contributed by atoms with van der Waals surface area (Å²) in [5.41, 5.74) is -3.44. The summed E-state index contributed by atoms with van der Waals surface area (Å²) in [5.74, 6) is -4.27. The minimum Gasteiger partial charge on any atom is -0.481 e. The maximum atomic E-state index is 16.4. The van der Waals surface area contributed by atoms with Gasteiger partial charge in [-0.25, -0.2) is 13.2 Å². The fourth-order valence-corrected chi connectivity index (χ4v) is 6.02. The molecule has 0 bridgehead atoms. The maximum Gasteiger partial charge on any atom is 0.416 e. The highest BCUT2D eigenvalue weighted by atomic mass is 19.4. The number of halogens is 6. The van der Waals surface area contributed by atoms with E-state index in [0.29, 0.717) is 6.07 Å². The second-order valence-corrected chi connectivity index (χ2v) is 12.4. The molecular formula is C35H34F6N2O5. The number of terminal acetylenes is 1. The monoisotopic (exact) mass is 676 g/mol. The zero-order chi connectivity index (χ0) is 35.7. The highest BCUT2D eigenvalue weighted by Crippen LogP contribution is 2.38. The number of hydrogen-bond acceptors (Lipinski definition) is 4. The number of carboxylic acid groups (broad SMARTS) is 1. The Hall–Kier alpha value is -4.57. The average molecular weight is 677 g/mol. The average Bonchev–Trinajstić information content (AvgIpc) is 2.94. The summed E-state index contributed by atoms with van der Waals surface area (Å²) < 4.78 is 94.0. The van der Waals surface area contributed by atoms with Crippen molar-refractivity contribution in [3.05, 3.63) is 91.6 Å². The first-order valence-corrected chi connectivity index (χ1v) is 15.1. The molecule has 13 heteroatoms. The van der Waals surface area contributed by atoms with Crippen LogP contribution in [-0.2, 0) is 26.9 Å². The van der Waals surface area contributed by atoms with Crippen LogP contribution in [0.4, 0.5) is 26.3 Å². The number of pyridine rings is 1. The number of benzene rings is 2. The lowest BCUT2D eigenvalue weighted by Gasteiger charge is -2.29. The van der Waals surface area contributed by atoms with Gasteiger partial charge in [-0.3, -0.25) is 14.4 Å². The molecule has 1 fully saturated rings. The fourth-order valence-electron chi connectivity index (χ4n) is 6.02. The lowest BCUT2D eigenvalue weighted by molar-refractivity contribution is -0.139. The second kappa shape index (κ2) is 14.3. The first-order chi connectivity index (χ1) is 22.4. The van der Waals surface area contributed by atoms with Crippen molar-refractivity contribution < 1.29 is 45.8 Å². The summed E-state index contributed by atoms with van der Waals surface area (Å²) in [7, 11) is 0. The van der Waals surface area contributed by atoms with Crippen molar-refractivity contribution in [2.45, 2.75) is 65.2 Å². The van der Waals surface area contributed by atoms with Gasteiger partial charge in [0.05, 0.1) is 36.8 Å². The van der Waals surface area contributed by atoms with E-state index in [2.05, 4.69) is 11.2 Å². The summed E-state index contributed by atoms with van der Waals surface area (Å²) in [6, 6.07) is 0.312. The molecule has 1 aliphatic rings. The van der Waals surface area contributed by atoms with E-state index in [1.807, 2.05) is 0 Å². The highest BCUT2D eigenvalue weighted by molar-refractivity contribution is 5.82. The zero-order valence-corrected chi connectivity index (χ0v) is 26.6. The van der Waals surface area contributed by atoms with Crippen molar-refractivity contribution in [3.63, 3.8) is 0 Å². The van der Waals surface area contributed by atoms with Gasteiger partial charge in [-0.1, -0.05) is 19.8 Å². The summed E-state index contributed by atoms with van der Waals surface area (Å²) in [6.07, 6.45) is 0.393. The van der Waals surface area contributed by atoms with Crippen LogP contribution in [0.3, 0.4) is 0 Å². The quantitative estimate of drug-likeness (QED) is 0.175. The molecule has 0 unspecified atom stereocenters. The van der Waals surface area contributed by atoms with Crippen molar-refractivity contribution in [2.75, 3.05) is 13.2 Å². The third-order valence-electron chi connectivity index (χ3n) is 8.22. The van der Waals surface area contributed by atoms with E-state index in [1.54, 1.807) is 13.8 Å². The number of hydrogen-bond donors (Lipinski definition) is 2. The van der Waals surface area contributed by atoms with Crippen LogP contribution in [0, 0.1) is 55.5 Å². The summed E-state index contributed by atoms with van der Waals surface area (Å²) >= 11 is 0. The Morgan fingerprint density at radius 3 is 2.21 bits per heavy atom. The highest BCUT2D eigenvalue weighted by Gasteiger charge is 2.37. The lowest BCUT2D eigenvalue weighted by atomic mass is 9.89. The molecule has 2 heterocycles. The molecule has 2 atom stereocenters. The van der Waals surface area contributed by atoms with Crippen LogP contribution >= 0.6 is 0 Å². The molecule has 1 amide bonds. The number of aryl methyl sites for hydroxylation is 2. The molecule has 3 aromatic rings. The van der Waals surface area contributed by atoms with E-state index < -0.39 is 76.3 Å². The summed E-state index contributed by atoms with van der Waals surface area (Å²) in [5, 5.41) is 12.1. The molecule has 0 radical (unpaired) electrons. The Morgan fingerprint density at radius 1 is 1.08 bits per heavy atom. The number of rotatable bonds is 11. The molecule has 0 aliphatic carbocycles. The Morgan fingerprint density at radius 2 is 1.71 bits per heavy atom. The molecule has 2 aromatic carbocycles. The van der Waals surface area contributed by atoms with Crippen LogP contribution in [0.5, 0.6) is 0 Å². The van der Waals surface area contributed by atoms with E-state index >= 15 is 8.78 Å². The normalized spacial score (nSPS) is 14.7. The van der Waals surface area contributed by atoms with E-state index in [4.69, 9.17) is 11.2 Å². The number of carboxylic acids is 1. The molecule has 1 aliphatic heterocycles. The van der Waals surface area contributed by atoms with Gasteiger partial charge >= 0.3 is 12.1 Å². The van der Waals surface area contributed by atoms with Crippen LogP contribution in [0.2, 0.25) is 0 Å². The second-order valence-electron chi connectivity index (χ2n) is 12.4. The number of nitrogens with one attached hydrogen (secondary N) is 1. The smallest absolute Gasteiger partial charge is 0.416 e. The maximum absolute atomic E-state index is 16.4. The molecule has 4 rings (SSSR count).